The van der Waals surface area contributed by atoms with E-state index in [1.54, 1.807) is 19.1 Å². The quantitative estimate of drug-likeness (QED) is 0.706. The molecule has 6 nitrogen and oxygen atoms in total. The van der Waals surface area contributed by atoms with E-state index in [-0.39, 0.29) is 18.5 Å². The summed E-state index contributed by atoms with van der Waals surface area (Å²) in [5, 5.41) is 7.23. The van der Waals surface area contributed by atoms with E-state index in [1.807, 2.05) is 18.2 Å². The van der Waals surface area contributed by atoms with E-state index < -0.39 is 0 Å². The maximum Gasteiger partial charge on any atom is 0.223 e. The highest BCUT2D eigenvalue weighted by atomic mass is 19.1. The number of hydrogen-bond acceptors (Lipinski definition) is 6. The number of aryl methyl sites for hydroxylation is 1. The summed E-state index contributed by atoms with van der Waals surface area (Å²) in [6.07, 6.45) is 0. The lowest BCUT2D eigenvalue weighted by Gasteiger charge is -2.36. The summed E-state index contributed by atoms with van der Waals surface area (Å²) in [7, 11) is 0. The number of nitrogens with zero attached hydrogens (tertiary/aromatic N) is 3. The fourth-order valence-electron chi connectivity index (χ4n) is 3.45. The molecule has 28 heavy (non-hydrogen) atoms. The number of hydrogen-bond donors (Lipinski definition) is 1. The third-order valence-corrected chi connectivity index (χ3v) is 4.83. The molecule has 0 aliphatic carbocycles. The molecule has 146 valence electrons. The van der Waals surface area contributed by atoms with E-state index in [4.69, 9.17) is 9.26 Å². The first-order chi connectivity index (χ1) is 13.7. The number of halogens is 1. The van der Waals surface area contributed by atoms with Crippen molar-refractivity contribution in [2.24, 2.45) is 0 Å². The van der Waals surface area contributed by atoms with Gasteiger partial charge in [-0.3, -0.25) is 4.90 Å². The van der Waals surface area contributed by atoms with Crippen LogP contribution in [0.2, 0.25) is 0 Å². The number of rotatable bonds is 6. The molecule has 1 unspecified atom stereocenters. The molecule has 1 aliphatic heterocycles. The van der Waals surface area contributed by atoms with Crippen molar-refractivity contribution in [3.05, 3.63) is 77.2 Å². The van der Waals surface area contributed by atoms with E-state index in [0.29, 0.717) is 11.7 Å². The molecule has 1 atom stereocenters. The molecule has 7 heteroatoms. The molecule has 1 aliphatic rings. The molecule has 0 bridgehead atoms. The Morgan fingerprint density at radius 3 is 2.86 bits per heavy atom. The third kappa shape index (κ3) is 4.55. The molecule has 0 amide bonds. The van der Waals surface area contributed by atoms with Crippen molar-refractivity contribution in [2.75, 3.05) is 19.6 Å². The van der Waals surface area contributed by atoms with Gasteiger partial charge in [-0.15, -0.1) is 0 Å². The van der Waals surface area contributed by atoms with Crippen LogP contribution in [0.4, 0.5) is 4.39 Å². The second-order valence-electron chi connectivity index (χ2n) is 6.91. The van der Waals surface area contributed by atoms with Crippen LogP contribution in [0.25, 0.3) is 0 Å². The van der Waals surface area contributed by atoms with Gasteiger partial charge in [0.1, 0.15) is 11.6 Å². The molecular formula is C21H23FN4O2. The smallest absolute Gasteiger partial charge is 0.223 e. The SMILES string of the molecule is Cc1nc(COc2ccc(CN3CCNCC3c3cccc(F)c3)cc2)no1. The van der Waals surface area contributed by atoms with Gasteiger partial charge >= 0.3 is 0 Å². The van der Waals surface area contributed by atoms with Crippen molar-refractivity contribution in [2.45, 2.75) is 26.1 Å². The number of piperazine rings is 1. The molecule has 0 saturated carbocycles. The van der Waals surface area contributed by atoms with Crippen LogP contribution >= 0.6 is 0 Å². The Morgan fingerprint density at radius 2 is 2.11 bits per heavy atom. The highest BCUT2D eigenvalue weighted by Gasteiger charge is 2.24. The summed E-state index contributed by atoms with van der Waals surface area (Å²) in [4.78, 5) is 6.50. The zero-order valence-electron chi connectivity index (χ0n) is 15.8. The summed E-state index contributed by atoms with van der Waals surface area (Å²) in [6.45, 7) is 5.48. The minimum absolute atomic E-state index is 0.154. The van der Waals surface area contributed by atoms with Crippen molar-refractivity contribution in [3.63, 3.8) is 0 Å². The lowest BCUT2D eigenvalue weighted by Crippen LogP contribution is -2.45. The molecule has 1 aromatic heterocycles. The topological polar surface area (TPSA) is 63.4 Å². The molecular weight excluding hydrogens is 359 g/mol. The van der Waals surface area contributed by atoms with E-state index in [1.165, 1.54) is 11.6 Å². The summed E-state index contributed by atoms with van der Waals surface area (Å²) in [5.41, 5.74) is 2.19. The first-order valence-corrected chi connectivity index (χ1v) is 9.38. The van der Waals surface area contributed by atoms with Crippen molar-refractivity contribution in [3.8, 4) is 5.75 Å². The second-order valence-corrected chi connectivity index (χ2v) is 6.91. The Bertz CT molecular complexity index is 913. The van der Waals surface area contributed by atoms with Gasteiger partial charge in [0, 0.05) is 39.1 Å². The first-order valence-electron chi connectivity index (χ1n) is 9.38. The third-order valence-electron chi connectivity index (χ3n) is 4.83. The van der Waals surface area contributed by atoms with Gasteiger partial charge in [0.25, 0.3) is 0 Å². The van der Waals surface area contributed by atoms with E-state index in [0.717, 1.165) is 37.5 Å². The molecule has 4 rings (SSSR count). The zero-order chi connectivity index (χ0) is 19.3. The standard InChI is InChI=1S/C21H23FN4O2/c1-15-24-21(25-28-15)14-27-19-7-5-16(6-8-19)13-26-10-9-23-12-20(26)17-3-2-4-18(22)11-17/h2-8,11,20,23H,9-10,12-14H2,1H3. The Kier molecular flexibility index (Phi) is 5.64. The first kappa shape index (κ1) is 18.6. The number of nitrogens with one attached hydrogen (secondary N) is 1. The van der Waals surface area contributed by atoms with Crippen LogP contribution < -0.4 is 10.1 Å². The van der Waals surface area contributed by atoms with Gasteiger partial charge in [-0.05, 0) is 35.4 Å². The summed E-state index contributed by atoms with van der Waals surface area (Å²) < 4.78 is 24.3. The average Bonchev–Trinajstić information content (AvgIpc) is 3.13. The minimum atomic E-state index is -0.193. The van der Waals surface area contributed by atoms with Crippen molar-refractivity contribution in [1.29, 1.82) is 0 Å². The summed E-state index contributed by atoms with van der Waals surface area (Å²) >= 11 is 0. The van der Waals surface area contributed by atoms with Crippen LogP contribution in [-0.4, -0.2) is 34.7 Å². The van der Waals surface area contributed by atoms with E-state index in [9.17, 15) is 4.39 Å². The maximum absolute atomic E-state index is 13.6. The van der Waals surface area contributed by atoms with E-state index in [2.05, 4.69) is 32.5 Å². The molecule has 3 aromatic rings. The lowest BCUT2D eigenvalue weighted by atomic mass is 10.0. The van der Waals surface area contributed by atoms with Gasteiger partial charge in [0.15, 0.2) is 6.61 Å². The maximum atomic E-state index is 13.6. The molecule has 1 saturated heterocycles. The monoisotopic (exact) mass is 382 g/mol. The number of aromatic nitrogens is 2. The van der Waals surface area contributed by atoms with E-state index >= 15 is 0 Å². The van der Waals surface area contributed by atoms with Gasteiger partial charge < -0.3 is 14.6 Å². The molecule has 2 aromatic carbocycles. The van der Waals surface area contributed by atoms with Gasteiger partial charge in [0.2, 0.25) is 11.7 Å². The average molecular weight is 382 g/mol. The van der Waals surface area contributed by atoms with Crippen LogP contribution in [0, 0.1) is 12.7 Å². The van der Waals surface area contributed by atoms with Gasteiger partial charge in [-0.2, -0.15) is 4.98 Å². The molecule has 0 spiro atoms. The highest BCUT2D eigenvalue weighted by Crippen LogP contribution is 2.25. The predicted molar refractivity (Wildman–Crippen MR) is 102 cm³/mol. The molecule has 0 radical (unpaired) electrons. The Morgan fingerprint density at radius 1 is 1.25 bits per heavy atom. The van der Waals surface area contributed by atoms with Crippen LogP contribution in [-0.2, 0) is 13.2 Å². The summed E-state index contributed by atoms with van der Waals surface area (Å²) in [5.74, 6) is 1.62. The Hall–Kier alpha value is -2.77. The number of benzene rings is 2. The fourth-order valence-corrected chi connectivity index (χ4v) is 3.45. The lowest BCUT2D eigenvalue weighted by molar-refractivity contribution is 0.153. The fraction of sp³-hybridized carbons (Fsp3) is 0.333. The summed E-state index contributed by atoms with van der Waals surface area (Å²) in [6, 6.07) is 15.0. The Labute approximate surface area is 163 Å². The highest BCUT2D eigenvalue weighted by molar-refractivity contribution is 5.28. The molecule has 1 N–H and O–H groups in total. The second kappa shape index (κ2) is 8.50. The normalized spacial score (nSPS) is 17.6. The van der Waals surface area contributed by atoms with Crippen LogP contribution in [0.5, 0.6) is 5.75 Å². The number of ether oxygens (including phenoxy) is 1. The van der Waals surface area contributed by atoms with Crippen LogP contribution in [0.3, 0.4) is 0 Å². The van der Waals surface area contributed by atoms with Gasteiger partial charge in [-0.25, -0.2) is 4.39 Å². The minimum Gasteiger partial charge on any atom is -0.485 e. The van der Waals surface area contributed by atoms with Gasteiger partial charge in [-0.1, -0.05) is 29.4 Å². The Balaban J connectivity index is 1.39. The largest absolute Gasteiger partial charge is 0.485 e. The van der Waals surface area contributed by atoms with Crippen molar-refractivity contribution >= 4 is 0 Å². The molecule has 2 heterocycles. The predicted octanol–water partition coefficient (Wildman–Crippen LogP) is 3.24. The molecule has 1 fully saturated rings. The van der Waals surface area contributed by atoms with Crippen molar-refractivity contribution < 1.29 is 13.7 Å². The van der Waals surface area contributed by atoms with Crippen LogP contribution in [0.15, 0.2) is 53.1 Å². The van der Waals surface area contributed by atoms with Gasteiger partial charge in [0.05, 0.1) is 0 Å². The van der Waals surface area contributed by atoms with Crippen molar-refractivity contribution in [1.82, 2.24) is 20.4 Å². The zero-order valence-corrected chi connectivity index (χ0v) is 15.8. The van der Waals surface area contributed by atoms with Crippen LogP contribution in [0.1, 0.15) is 28.9 Å².